The van der Waals surface area contributed by atoms with E-state index in [-0.39, 0.29) is 12.0 Å². The van der Waals surface area contributed by atoms with Gasteiger partial charge in [-0.05, 0) is 44.4 Å². The van der Waals surface area contributed by atoms with Crippen LogP contribution in [0, 0.1) is 0 Å². The number of aromatic amines is 1. The molecule has 1 aromatic heterocycles. The molecule has 26 heavy (non-hydrogen) atoms. The molecular weight excluding hydrogens is 330 g/mol. The fourth-order valence-corrected chi connectivity index (χ4v) is 3.62. The van der Waals surface area contributed by atoms with Gasteiger partial charge in [0.15, 0.2) is 5.43 Å². The molecule has 2 heterocycles. The fourth-order valence-electron chi connectivity index (χ4n) is 3.62. The molecule has 0 saturated carbocycles. The Morgan fingerprint density at radius 2 is 1.96 bits per heavy atom. The molecule has 1 saturated heterocycles. The van der Waals surface area contributed by atoms with Gasteiger partial charge in [-0.1, -0.05) is 0 Å². The number of rotatable bonds is 5. The van der Waals surface area contributed by atoms with Gasteiger partial charge in [-0.2, -0.15) is 0 Å². The highest BCUT2D eigenvalue weighted by Gasteiger charge is 2.24. The van der Waals surface area contributed by atoms with E-state index in [0.29, 0.717) is 28.7 Å². The van der Waals surface area contributed by atoms with Gasteiger partial charge in [0.25, 0.3) is 0 Å². The minimum atomic E-state index is -0.449. The Morgan fingerprint density at radius 3 is 2.62 bits per heavy atom. The molecule has 6 heteroatoms. The van der Waals surface area contributed by atoms with Crippen molar-refractivity contribution >= 4 is 22.6 Å². The summed E-state index contributed by atoms with van der Waals surface area (Å²) in [6.45, 7) is 4.70. The van der Waals surface area contributed by atoms with Crippen molar-refractivity contribution in [3.05, 3.63) is 39.7 Å². The van der Waals surface area contributed by atoms with E-state index in [2.05, 4.69) is 4.98 Å². The van der Waals surface area contributed by atoms with Crippen molar-refractivity contribution in [1.29, 1.82) is 0 Å². The fraction of sp³-hybridized carbons (Fsp3) is 0.500. The summed E-state index contributed by atoms with van der Waals surface area (Å²) in [5.74, 6) is -0.449. The first-order valence-electron chi connectivity index (χ1n) is 9.38. The average molecular weight is 358 g/mol. The molecule has 0 radical (unpaired) electrons. The van der Waals surface area contributed by atoms with Gasteiger partial charge in [-0.25, -0.2) is 4.79 Å². The summed E-state index contributed by atoms with van der Waals surface area (Å²) in [5.41, 5.74) is 2.41. The molecule has 2 aromatic rings. The van der Waals surface area contributed by atoms with Gasteiger partial charge < -0.3 is 19.5 Å². The number of anilines is 1. The first-order valence-corrected chi connectivity index (χ1v) is 9.38. The number of benzene rings is 1. The molecule has 140 valence electrons. The number of pyridine rings is 1. The third-order valence-electron chi connectivity index (χ3n) is 5.07. The van der Waals surface area contributed by atoms with Crippen molar-refractivity contribution < 1.29 is 14.4 Å². The highest BCUT2D eigenvalue weighted by molar-refractivity contribution is 5.93. The molecule has 1 aromatic carbocycles. The van der Waals surface area contributed by atoms with Crippen LogP contribution in [0.15, 0.2) is 23.0 Å². The van der Waals surface area contributed by atoms with E-state index >= 15 is 0 Å². The minimum Gasteiger partial charge on any atom is -0.461 e. The lowest BCUT2D eigenvalue weighted by atomic mass is 10.0. The number of nitrogens with zero attached hydrogens (tertiary/aromatic N) is 1. The molecule has 1 aliphatic heterocycles. The van der Waals surface area contributed by atoms with Crippen LogP contribution < -0.4 is 15.2 Å². The summed E-state index contributed by atoms with van der Waals surface area (Å²) in [4.78, 5) is 32.2. The van der Waals surface area contributed by atoms with Crippen LogP contribution in [0.25, 0.3) is 10.9 Å². The van der Waals surface area contributed by atoms with Gasteiger partial charge in [0.1, 0.15) is 12.2 Å². The van der Waals surface area contributed by atoms with Gasteiger partial charge in [-0.3, -0.25) is 4.79 Å². The third kappa shape index (κ3) is 3.75. The van der Waals surface area contributed by atoms with Crippen LogP contribution in [0.5, 0.6) is 0 Å². The van der Waals surface area contributed by atoms with E-state index in [0.717, 1.165) is 18.8 Å². The summed E-state index contributed by atoms with van der Waals surface area (Å²) >= 11 is 0. The molecule has 0 bridgehead atoms. The number of carbonyl (C=O) groups is 1. The van der Waals surface area contributed by atoms with Crippen LogP contribution >= 0.6 is 0 Å². The van der Waals surface area contributed by atoms with E-state index in [4.69, 9.17) is 4.74 Å². The van der Waals surface area contributed by atoms with E-state index in [1.165, 1.54) is 24.2 Å². The molecule has 0 spiro atoms. The summed E-state index contributed by atoms with van der Waals surface area (Å²) in [5, 5.41) is 0.621. The Kier molecular flexibility index (Phi) is 5.61. The first-order chi connectivity index (χ1) is 12.5. The summed E-state index contributed by atoms with van der Waals surface area (Å²) in [6.07, 6.45) is 3.58. The number of carbonyl (C=O) groups excluding carboxylic acids is 1. The average Bonchev–Trinajstić information content (AvgIpc) is 2.64. The maximum absolute atomic E-state index is 13.2. The standard InChI is InChI=1S/C20H27N3O3/c1-4-26-20(25)18-16(13-23-10-6-5-7-11-23)19(24)15-12-14(22(2)3)8-9-17(15)21-18/h8-9,12H,4-7,10-11,13H2,1-3H3,(H,21,24)/p+1. The first kappa shape index (κ1) is 18.5. The summed E-state index contributed by atoms with van der Waals surface area (Å²) in [7, 11) is 3.89. The number of fused-ring (bicyclic) bond motifs is 1. The van der Waals surface area contributed by atoms with Gasteiger partial charge >= 0.3 is 5.97 Å². The normalized spacial score (nSPS) is 15.2. The maximum atomic E-state index is 13.2. The maximum Gasteiger partial charge on any atom is 0.355 e. The van der Waals surface area contributed by atoms with Crippen LogP contribution in [-0.4, -0.2) is 44.7 Å². The zero-order chi connectivity index (χ0) is 18.7. The van der Waals surface area contributed by atoms with Crippen molar-refractivity contribution in [3.8, 4) is 0 Å². The lowest BCUT2D eigenvalue weighted by molar-refractivity contribution is -0.918. The number of ether oxygens (including phenoxy) is 1. The lowest BCUT2D eigenvalue weighted by Gasteiger charge is -2.24. The smallest absolute Gasteiger partial charge is 0.355 e. The minimum absolute atomic E-state index is 0.0661. The third-order valence-corrected chi connectivity index (χ3v) is 5.07. The number of nitrogens with one attached hydrogen (secondary N) is 2. The molecule has 0 amide bonds. The SMILES string of the molecule is CCOC(=O)c1[nH]c2ccc(N(C)C)cc2c(=O)c1C[NH+]1CCCCC1. The Balaban J connectivity index is 2.12. The number of hydrogen-bond acceptors (Lipinski definition) is 4. The van der Waals surface area contributed by atoms with Crippen molar-refractivity contribution in [3.63, 3.8) is 0 Å². The highest BCUT2D eigenvalue weighted by atomic mass is 16.5. The Labute approximate surface area is 153 Å². The molecule has 1 fully saturated rings. The van der Waals surface area contributed by atoms with Gasteiger partial charge in [0, 0.05) is 25.2 Å². The summed E-state index contributed by atoms with van der Waals surface area (Å²) < 4.78 is 5.20. The van der Waals surface area contributed by atoms with Crippen molar-refractivity contribution in [2.75, 3.05) is 38.7 Å². The predicted molar refractivity (Wildman–Crippen MR) is 103 cm³/mol. The molecule has 0 unspecified atom stereocenters. The second-order valence-corrected chi connectivity index (χ2v) is 7.14. The Bertz CT molecular complexity index is 851. The molecule has 6 nitrogen and oxygen atoms in total. The molecule has 3 rings (SSSR count). The summed E-state index contributed by atoms with van der Waals surface area (Å²) in [6, 6.07) is 5.67. The number of piperidine rings is 1. The largest absolute Gasteiger partial charge is 0.461 e. The van der Waals surface area contributed by atoms with Crippen LogP contribution in [0.4, 0.5) is 5.69 Å². The number of aromatic nitrogens is 1. The number of quaternary nitrogens is 1. The van der Waals surface area contributed by atoms with E-state index in [1.807, 2.05) is 37.2 Å². The molecule has 0 atom stereocenters. The second-order valence-electron chi connectivity index (χ2n) is 7.14. The van der Waals surface area contributed by atoms with Crippen LogP contribution in [-0.2, 0) is 11.3 Å². The lowest BCUT2D eigenvalue weighted by Crippen LogP contribution is -3.11. The van der Waals surface area contributed by atoms with Crippen molar-refractivity contribution in [1.82, 2.24) is 4.98 Å². The predicted octanol–water partition coefficient (Wildman–Crippen LogP) is 1.34. The molecular formula is C20H28N3O3+. The monoisotopic (exact) mass is 358 g/mol. The second kappa shape index (κ2) is 7.91. The molecule has 0 aliphatic carbocycles. The van der Waals surface area contributed by atoms with Crippen molar-refractivity contribution in [2.24, 2.45) is 0 Å². The number of esters is 1. The van der Waals surface area contributed by atoms with Gasteiger partial charge in [0.2, 0.25) is 0 Å². The van der Waals surface area contributed by atoms with E-state index < -0.39 is 5.97 Å². The quantitative estimate of drug-likeness (QED) is 0.792. The topological polar surface area (TPSA) is 66.8 Å². The van der Waals surface area contributed by atoms with Gasteiger partial charge in [-0.15, -0.1) is 0 Å². The zero-order valence-corrected chi connectivity index (χ0v) is 15.9. The Morgan fingerprint density at radius 1 is 1.23 bits per heavy atom. The molecule has 2 N–H and O–H groups in total. The van der Waals surface area contributed by atoms with Crippen LogP contribution in [0.3, 0.4) is 0 Å². The number of likely N-dealkylation sites (tertiary alicyclic amines) is 1. The van der Waals surface area contributed by atoms with E-state index in [9.17, 15) is 9.59 Å². The Hall–Kier alpha value is -2.34. The number of hydrogen-bond donors (Lipinski definition) is 2. The number of H-pyrrole nitrogens is 1. The van der Waals surface area contributed by atoms with Gasteiger partial charge in [0.05, 0.1) is 30.8 Å². The molecule has 1 aliphatic rings. The van der Waals surface area contributed by atoms with Crippen LogP contribution in [0.1, 0.15) is 42.2 Å². The van der Waals surface area contributed by atoms with Crippen molar-refractivity contribution in [2.45, 2.75) is 32.7 Å². The zero-order valence-electron chi connectivity index (χ0n) is 15.9. The highest BCUT2D eigenvalue weighted by Crippen LogP contribution is 2.19. The van der Waals surface area contributed by atoms with E-state index in [1.54, 1.807) is 6.92 Å². The van der Waals surface area contributed by atoms with Crippen LogP contribution in [0.2, 0.25) is 0 Å².